The number of aromatic nitrogens is 2. The van der Waals surface area contributed by atoms with E-state index in [-0.39, 0.29) is 22.9 Å². The van der Waals surface area contributed by atoms with E-state index >= 15 is 0 Å². The van der Waals surface area contributed by atoms with Crippen molar-refractivity contribution < 1.29 is 32.4 Å². The molecule has 3 aliphatic heterocycles. The molecule has 1 atom stereocenters. The van der Waals surface area contributed by atoms with Crippen molar-refractivity contribution in [3.8, 4) is 11.5 Å². The summed E-state index contributed by atoms with van der Waals surface area (Å²) in [6.07, 6.45) is 14.5. The fraction of sp³-hybridized carbons (Fsp3) is 0.449. The number of sulfonamides is 1. The maximum absolute atomic E-state index is 14.0. The first kappa shape index (κ1) is 43.8. The number of pyridine rings is 1. The number of ether oxygens (including phenoxy) is 2. The monoisotopic (exact) mass is 916 g/mol. The lowest BCUT2D eigenvalue weighted by Gasteiger charge is -2.56. The van der Waals surface area contributed by atoms with E-state index in [9.17, 15) is 28.1 Å². The van der Waals surface area contributed by atoms with Gasteiger partial charge < -0.3 is 29.6 Å². The molecule has 10 rings (SSSR count). The number of nitrogens with one attached hydrogen (secondary N) is 3. The highest BCUT2D eigenvalue weighted by Gasteiger charge is 2.50. The molecule has 1 spiro atoms. The zero-order valence-electron chi connectivity index (χ0n) is 37.1. The molecule has 0 unspecified atom stereocenters. The molecule has 0 bridgehead atoms. The number of carbonyl (C=O) groups excluding carboxylic acids is 2. The van der Waals surface area contributed by atoms with E-state index in [1.54, 1.807) is 48.6 Å². The number of carbonyl (C=O) groups is 2. The molecule has 5 heterocycles. The number of H-pyrrole nitrogens is 1. The van der Waals surface area contributed by atoms with Gasteiger partial charge in [0, 0.05) is 81.4 Å². The highest BCUT2D eigenvalue weighted by atomic mass is 32.2. The summed E-state index contributed by atoms with van der Waals surface area (Å²) in [7, 11) is -3.06. The fourth-order valence-corrected chi connectivity index (χ4v) is 11.8. The zero-order valence-corrected chi connectivity index (χ0v) is 37.9. The van der Waals surface area contributed by atoms with E-state index in [0.717, 1.165) is 80.5 Å². The van der Waals surface area contributed by atoms with Crippen molar-refractivity contribution in [2.45, 2.75) is 87.1 Å². The number of fused-ring (bicyclic) bond motifs is 1. The summed E-state index contributed by atoms with van der Waals surface area (Å²) >= 11 is 0. The molecule has 3 amide bonds. The number of hydrogen-bond acceptors (Lipinski definition) is 11. The third kappa shape index (κ3) is 9.07. The molecule has 2 aliphatic carbocycles. The van der Waals surface area contributed by atoms with E-state index in [2.05, 4.69) is 54.1 Å². The lowest BCUT2D eigenvalue weighted by atomic mass is 9.59. The molecule has 5 fully saturated rings. The molecule has 346 valence electrons. The van der Waals surface area contributed by atoms with Crippen LogP contribution in [-0.4, -0.2) is 97.5 Å². The number of piperidine rings is 1. The van der Waals surface area contributed by atoms with Crippen LogP contribution in [0.1, 0.15) is 97.7 Å². The van der Waals surface area contributed by atoms with E-state index < -0.39 is 37.5 Å². The van der Waals surface area contributed by atoms with Gasteiger partial charge in [0.05, 0.1) is 21.6 Å². The van der Waals surface area contributed by atoms with Crippen LogP contribution in [0.15, 0.2) is 90.1 Å². The van der Waals surface area contributed by atoms with Gasteiger partial charge in [0.1, 0.15) is 22.8 Å². The fourth-order valence-electron chi connectivity index (χ4n) is 10.8. The lowest BCUT2D eigenvalue weighted by molar-refractivity contribution is -0.384. The summed E-state index contributed by atoms with van der Waals surface area (Å²) in [6, 6.07) is 21.5. The second-order valence-electron chi connectivity index (χ2n) is 19.0. The quantitative estimate of drug-likeness (QED) is 0.0756. The SMILES string of the molecule is CN(CC1CCOCC1)C(=O)Nc1ccc(S(=O)(=O)NC(=O)c2ccc(N3CCC4(CC3)CC(N3CCC[C@H]3c3ccccc3C3CC3)C4)cc2Oc2cnc3[nH]ccc3c2)cc1[N+](=O)[O-]. The molecule has 66 heavy (non-hydrogen) atoms. The molecular formula is C49H56N8O8S. The Bertz CT molecular complexity index is 2750. The van der Waals surface area contributed by atoms with Crippen molar-refractivity contribution in [3.63, 3.8) is 0 Å². The predicted molar refractivity (Wildman–Crippen MR) is 250 cm³/mol. The van der Waals surface area contributed by atoms with Gasteiger partial charge in [-0.2, -0.15) is 0 Å². The minimum absolute atomic E-state index is 0.0545. The van der Waals surface area contributed by atoms with Gasteiger partial charge in [0.2, 0.25) is 0 Å². The van der Waals surface area contributed by atoms with Gasteiger partial charge in [-0.25, -0.2) is 22.9 Å². The molecule has 5 aromatic rings. The van der Waals surface area contributed by atoms with Crippen molar-refractivity contribution in [3.05, 3.63) is 112 Å². The first-order valence-electron chi connectivity index (χ1n) is 23.2. The van der Waals surface area contributed by atoms with Crippen LogP contribution >= 0.6 is 0 Å². The molecule has 2 saturated carbocycles. The third-order valence-electron chi connectivity index (χ3n) is 14.6. The van der Waals surface area contributed by atoms with Gasteiger partial charge in [-0.1, -0.05) is 24.3 Å². The number of nitrogens with zero attached hydrogens (tertiary/aromatic N) is 5. The maximum Gasteiger partial charge on any atom is 0.321 e. The Hall–Kier alpha value is -6.04. The van der Waals surface area contributed by atoms with Crippen LogP contribution in [-0.2, 0) is 14.8 Å². The number of rotatable bonds is 13. The molecule has 17 heteroatoms. The Morgan fingerprint density at radius 1 is 0.970 bits per heavy atom. The number of nitro benzene ring substituents is 1. The Morgan fingerprint density at radius 2 is 1.74 bits per heavy atom. The topological polar surface area (TPSA) is 192 Å². The first-order chi connectivity index (χ1) is 31.9. The highest BCUT2D eigenvalue weighted by Crippen LogP contribution is 2.55. The first-order valence-corrected chi connectivity index (χ1v) is 24.7. The van der Waals surface area contributed by atoms with Gasteiger partial charge in [-0.15, -0.1) is 0 Å². The van der Waals surface area contributed by atoms with Crippen LogP contribution in [0.25, 0.3) is 11.0 Å². The standard InChI is InChI=1S/C49H56N8O8S/c1-54(31-32-15-23-64-24-16-32)48(59)52-42-13-11-38(27-44(42)57(60)61)66(62,63)53-47(58)41-12-10-35(26-45(41)65-37-25-34-14-19-50-46(34)51-30-37)55-21-17-49(18-22-55)28-36(29-49)56-20-4-7-43(56)40-6-3-2-5-39(40)33-8-9-33/h2-3,5-6,10-14,19,25-27,30,32-33,36,43H,4,7-9,15-18,20-24,28-29,31H2,1H3,(H,50,51)(H,52,59)(H,53,58)/t43-/m0/s1. The highest BCUT2D eigenvalue weighted by molar-refractivity contribution is 7.90. The summed E-state index contributed by atoms with van der Waals surface area (Å²) in [5.41, 5.74) is 4.04. The predicted octanol–water partition coefficient (Wildman–Crippen LogP) is 8.74. The second kappa shape index (κ2) is 18.0. The molecule has 5 aliphatic rings. The number of likely N-dealkylation sites (tertiary alicyclic amines) is 1. The molecule has 16 nitrogen and oxygen atoms in total. The summed E-state index contributed by atoms with van der Waals surface area (Å²) in [5.74, 6) is 0.455. The molecule has 3 N–H and O–H groups in total. The Morgan fingerprint density at radius 3 is 2.50 bits per heavy atom. The number of urea groups is 1. The molecular weight excluding hydrogens is 861 g/mol. The minimum atomic E-state index is -4.65. The Labute approximate surface area is 384 Å². The average molecular weight is 917 g/mol. The third-order valence-corrected chi connectivity index (χ3v) is 16.0. The van der Waals surface area contributed by atoms with Gasteiger partial charge in [0.25, 0.3) is 21.6 Å². The molecule has 3 saturated heterocycles. The maximum atomic E-state index is 14.0. The summed E-state index contributed by atoms with van der Waals surface area (Å²) in [5, 5.41) is 15.5. The zero-order chi connectivity index (χ0) is 45.6. The molecule has 3 aromatic carbocycles. The van der Waals surface area contributed by atoms with Gasteiger partial charge in [-0.05, 0) is 136 Å². The van der Waals surface area contributed by atoms with Crippen molar-refractivity contribution in [2.24, 2.45) is 11.3 Å². The van der Waals surface area contributed by atoms with Crippen molar-refractivity contribution >= 4 is 50.1 Å². The number of anilines is 2. The van der Waals surface area contributed by atoms with E-state index in [0.29, 0.717) is 48.7 Å². The lowest BCUT2D eigenvalue weighted by Crippen LogP contribution is -2.54. The number of benzene rings is 3. The normalized spacial score (nSPS) is 20.3. The van der Waals surface area contributed by atoms with Crippen LogP contribution in [0.2, 0.25) is 0 Å². The van der Waals surface area contributed by atoms with E-state index in [1.807, 2.05) is 6.07 Å². The summed E-state index contributed by atoms with van der Waals surface area (Å²) < 4.78 is 41.4. The van der Waals surface area contributed by atoms with Gasteiger partial charge in [-0.3, -0.25) is 19.8 Å². The van der Waals surface area contributed by atoms with Crippen molar-refractivity contribution in [1.29, 1.82) is 0 Å². The minimum Gasteiger partial charge on any atom is -0.455 e. The summed E-state index contributed by atoms with van der Waals surface area (Å²) in [4.78, 5) is 51.9. The molecule has 2 aromatic heterocycles. The second-order valence-corrected chi connectivity index (χ2v) is 20.6. The number of hydrogen-bond donors (Lipinski definition) is 3. The van der Waals surface area contributed by atoms with Crippen LogP contribution in [0, 0.1) is 21.4 Å². The molecule has 0 radical (unpaired) electrons. The van der Waals surface area contributed by atoms with Crippen molar-refractivity contribution in [2.75, 3.05) is 56.7 Å². The Balaban J connectivity index is 0.832. The van der Waals surface area contributed by atoms with E-state index in [4.69, 9.17) is 9.47 Å². The Kier molecular flexibility index (Phi) is 11.9. The largest absolute Gasteiger partial charge is 0.455 e. The van der Waals surface area contributed by atoms with Gasteiger partial charge in [0.15, 0.2) is 0 Å². The number of amides is 3. The van der Waals surface area contributed by atoms with Crippen LogP contribution in [0.5, 0.6) is 11.5 Å². The van der Waals surface area contributed by atoms with Gasteiger partial charge >= 0.3 is 6.03 Å². The van der Waals surface area contributed by atoms with Crippen LogP contribution in [0.4, 0.5) is 21.9 Å². The smallest absolute Gasteiger partial charge is 0.321 e. The van der Waals surface area contributed by atoms with Crippen LogP contribution < -0.4 is 19.7 Å². The van der Waals surface area contributed by atoms with Crippen LogP contribution in [0.3, 0.4) is 0 Å². The summed E-state index contributed by atoms with van der Waals surface area (Å²) in [6.45, 7) is 4.47. The number of nitro groups is 1. The van der Waals surface area contributed by atoms with E-state index in [1.165, 1.54) is 49.6 Å². The van der Waals surface area contributed by atoms with Crippen molar-refractivity contribution in [1.82, 2.24) is 24.5 Å². The average Bonchev–Trinajstić information content (AvgIpc) is 3.85. The number of aromatic amines is 1.